The predicted molar refractivity (Wildman–Crippen MR) is 105 cm³/mol. The molecule has 11 heteroatoms. The van der Waals surface area contributed by atoms with Crippen LogP contribution in [0, 0.1) is 10.1 Å². The number of nitro groups is 1. The van der Waals surface area contributed by atoms with E-state index in [0.29, 0.717) is 43.8 Å². The highest BCUT2D eigenvalue weighted by Gasteiger charge is 2.34. The van der Waals surface area contributed by atoms with Gasteiger partial charge in [-0.15, -0.1) is 0 Å². The Morgan fingerprint density at radius 1 is 1.48 bits per heavy atom. The van der Waals surface area contributed by atoms with Gasteiger partial charge in [0.05, 0.1) is 11.5 Å². The number of nitrogens with one attached hydrogen (secondary N) is 1. The van der Waals surface area contributed by atoms with Gasteiger partial charge in [-0.2, -0.15) is 0 Å². The SMILES string of the molecule is COCCN(C)C(=C(Cl)Cl)/C(=C1\NCCN1Cc1ccc(Cl)nc1)[N+](=O)[O-]. The van der Waals surface area contributed by atoms with Gasteiger partial charge in [-0.1, -0.05) is 40.9 Å². The zero-order valence-electron chi connectivity index (χ0n) is 14.9. The van der Waals surface area contributed by atoms with E-state index in [2.05, 4.69) is 10.3 Å². The summed E-state index contributed by atoms with van der Waals surface area (Å²) in [4.78, 5) is 18.9. The fraction of sp³-hybridized carbons (Fsp3) is 0.438. The van der Waals surface area contributed by atoms with Crippen LogP contribution in [0.25, 0.3) is 0 Å². The molecular weight excluding hydrogens is 417 g/mol. The second-order valence-corrected chi connectivity index (χ2v) is 7.15. The van der Waals surface area contributed by atoms with Crippen molar-refractivity contribution in [3.8, 4) is 0 Å². The van der Waals surface area contributed by atoms with E-state index in [1.807, 2.05) is 11.0 Å². The molecule has 0 spiro atoms. The third-order valence-electron chi connectivity index (χ3n) is 3.98. The van der Waals surface area contributed by atoms with Crippen LogP contribution in [0.3, 0.4) is 0 Å². The van der Waals surface area contributed by atoms with Gasteiger partial charge < -0.3 is 19.9 Å². The van der Waals surface area contributed by atoms with Crippen molar-refractivity contribution in [3.63, 3.8) is 0 Å². The van der Waals surface area contributed by atoms with Crippen LogP contribution < -0.4 is 5.32 Å². The van der Waals surface area contributed by atoms with Crippen molar-refractivity contribution >= 4 is 34.8 Å². The van der Waals surface area contributed by atoms with Crippen LogP contribution in [0.15, 0.2) is 40.0 Å². The van der Waals surface area contributed by atoms with E-state index < -0.39 is 4.92 Å². The Balaban J connectivity index is 2.40. The third-order valence-corrected chi connectivity index (χ3v) is 4.56. The highest BCUT2D eigenvalue weighted by atomic mass is 35.5. The molecule has 0 bridgehead atoms. The number of methoxy groups -OCH3 is 1. The molecule has 0 unspecified atom stereocenters. The third kappa shape index (κ3) is 5.62. The van der Waals surface area contributed by atoms with Crippen molar-refractivity contribution in [2.75, 3.05) is 40.4 Å². The number of hydrogen-bond donors (Lipinski definition) is 1. The first-order valence-corrected chi connectivity index (χ1v) is 9.22. The zero-order valence-corrected chi connectivity index (χ0v) is 17.2. The fourth-order valence-corrected chi connectivity index (χ4v) is 3.26. The maximum atomic E-state index is 11.9. The molecule has 0 aliphatic carbocycles. The van der Waals surface area contributed by atoms with Crippen molar-refractivity contribution in [1.29, 1.82) is 0 Å². The summed E-state index contributed by atoms with van der Waals surface area (Å²) in [5.41, 5.74) is 0.815. The molecule has 0 amide bonds. The lowest BCUT2D eigenvalue weighted by molar-refractivity contribution is -0.425. The topological polar surface area (TPSA) is 83.8 Å². The van der Waals surface area contributed by atoms with E-state index in [4.69, 9.17) is 39.5 Å². The average molecular weight is 437 g/mol. The Bertz CT molecular complexity index is 735. The van der Waals surface area contributed by atoms with Crippen LogP contribution in [-0.4, -0.2) is 60.1 Å². The molecule has 1 aliphatic heterocycles. The van der Waals surface area contributed by atoms with Crippen LogP contribution in [-0.2, 0) is 11.3 Å². The predicted octanol–water partition coefficient (Wildman–Crippen LogP) is 2.81. The van der Waals surface area contributed by atoms with Gasteiger partial charge in [-0.25, -0.2) is 4.98 Å². The monoisotopic (exact) mass is 435 g/mol. The first kappa shape index (κ1) is 21.6. The molecule has 1 saturated heterocycles. The summed E-state index contributed by atoms with van der Waals surface area (Å²) in [7, 11) is 3.22. The number of nitrogens with zero attached hydrogens (tertiary/aromatic N) is 4. The second-order valence-electron chi connectivity index (χ2n) is 5.82. The van der Waals surface area contributed by atoms with Crippen LogP contribution in [0.1, 0.15) is 5.56 Å². The van der Waals surface area contributed by atoms with Crippen LogP contribution in [0.4, 0.5) is 0 Å². The lowest BCUT2D eigenvalue weighted by Gasteiger charge is -2.24. The Labute approximate surface area is 172 Å². The zero-order chi connectivity index (χ0) is 20.0. The number of aromatic nitrogens is 1. The quantitative estimate of drug-likeness (QED) is 0.381. The van der Waals surface area contributed by atoms with Crippen molar-refractivity contribution in [2.45, 2.75) is 6.54 Å². The first-order valence-electron chi connectivity index (χ1n) is 8.08. The Morgan fingerprint density at radius 3 is 2.78 bits per heavy atom. The van der Waals surface area contributed by atoms with Gasteiger partial charge in [0.1, 0.15) is 15.3 Å². The number of likely N-dealkylation sites (N-methyl/N-ethyl adjacent to an activating group) is 1. The smallest absolute Gasteiger partial charge is 0.334 e. The Kier molecular flexibility index (Phi) is 7.97. The number of ether oxygens (including phenoxy) is 1. The lowest BCUT2D eigenvalue weighted by atomic mass is 10.2. The number of pyridine rings is 1. The van der Waals surface area contributed by atoms with Crippen molar-refractivity contribution in [2.24, 2.45) is 0 Å². The molecule has 1 aromatic rings. The van der Waals surface area contributed by atoms with E-state index >= 15 is 0 Å². The molecule has 1 N–H and O–H groups in total. The maximum Gasteiger partial charge on any atom is 0.334 e. The molecule has 0 aromatic carbocycles. The summed E-state index contributed by atoms with van der Waals surface area (Å²) in [6.07, 6.45) is 1.64. The molecule has 0 saturated carbocycles. The summed E-state index contributed by atoms with van der Waals surface area (Å²) < 4.78 is 4.85. The number of halogens is 3. The maximum absolute atomic E-state index is 11.9. The summed E-state index contributed by atoms with van der Waals surface area (Å²) in [5, 5.41) is 15.4. The lowest BCUT2D eigenvalue weighted by Crippen LogP contribution is -2.31. The van der Waals surface area contributed by atoms with Gasteiger partial charge in [-0.05, 0) is 11.6 Å². The highest BCUT2D eigenvalue weighted by molar-refractivity contribution is 6.56. The summed E-state index contributed by atoms with van der Waals surface area (Å²) in [6.45, 7) is 2.33. The largest absolute Gasteiger partial charge is 0.383 e. The minimum Gasteiger partial charge on any atom is -0.383 e. The molecule has 0 atom stereocenters. The second kappa shape index (κ2) is 9.98. The molecule has 1 fully saturated rings. The van der Waals surface area contributed by atoms with Crippen LogP contribution >= 0.6 is 34.8 Å². The highest BCUT2D eigenvalue weighted by Crippen LogP contribution is 2.29. The van der Waals surface area contributed by atoms with Gasteiger partial charge in [0.2, 0.25) is 0 Å². The number of rotatable bonds is 8. The molecule has 1 aromatic heterocycles. The van der Waals surface area contributed by atoms with Gasteiger partial charge in [0.15, 0.2) is 5.82 Å². The van der Waals surface area contributed by atoms with Crippen LogP contribution in [0.2, 0.25) is 5.15 Å². The van der Waals surface area contributed by atoms with Crippen LogP contribution in [0.5, 0.6) is 0 Å². The van der Waals surface area contributed by atoms with E-state index in [1.165, 1.54) is 0 Å². The number of hydrogen-bond acceptors (Lipinski definition) is 7. The Morgan fingerprint density at radius 2 is 2.22 bits per heavy atom. The van der Waals surface area contributed by atoms with E-state index in [1.54, 1.807) is 31.3 Å². The summed E-state index contributed by atoms with van der Waals surface area (Å²) in [5.74, 6) is 0.355. The van der Waals surface area contributed by atoms with E-state index in [-0.39, 0.29) is 15.9 Å². The summed E-state index contributed by atoms with van der Waals surface area (Å²) >= 11 is 17.8. The minimum absolute atomic E-state index is 0.129. The van der Waals surface area contributed by atoms with Crippen molar-refractivity contribution in [1.82, 2.24) is 20.1 Å². The van der Waals surface area contributed by atoms with Gasteiger partial charge in [0, 0.05) is 46.5 Å². The molecule has 8 nitrogen and oxygen atoms in total. The summed E-state index contributed by atoms with van der Waals surface area (Å²) in [6, 6.07) is 3.50. The average Bonchev–Trinajstić information content (AvgIpc) is 3.06. The van der Waals surface area contributed by atoms with E-state index in [0.717, 1.165) is 5.56 Å². The molecule has 2 rings (SSSR count). The molecule has 0 radical (unpaired) electrons. The molecule has 2 heterocycles. The van der Waals surface area contributed by atoms with Crippen molar-refractivity contribution in [3.05, 3.63) is 60.9 Å². The van der Waals surface area contributed by atoms with Gasteiger partial charge in [-0.3, -0.25) is 10.1 Å². The van der Waals surface area contributed by atoms with Crippen molar-refractivity contribution < 1.29 is 9.66 Å². The Hall–Kier alpha value is -1.74. The molecule has 1 aliphatic rings. The molecular formula is C16H20Cl3N5O3. The molecule has 148 valence electrons. The molecule has 27 heavy (non-hydrogen) atoms. The normalized spacial score (nSPS) is 15.4. The fourth-order valence-electron chi connectivity index (χ4n) is 2.68. The van der Waals surface area contributed by atoms with Gasteiger partial charge in [0.25, 0.3) is 0 Å². The minimum atomic E-state index is -0.482. The van der Waals surface area contributed by atoms with E-state index in [9.17, 15) is 10.1 Å². The first-order chi connectivity index (χ1) is 12.8. The van der Waals surface area contributed by atoms with Gasteiger partial charge >= 0.3 is 5.70 Å². The standard InChI is InChI=1S/C16H20Cl3N5O3/c1-22(7-8-27-2)13(15(18)19)14(24(25)26)16-20-5-6-23(16)10-11-3-4-12(17)21-9-11/h3-4,9,20H,5-8,10H2,1-2H3/b16-14-.